The van der Waals surface area contributed by atoms with Crippen LogP contribution in [0.3, 0.4) is 0 Å². The van der Waals surface area contributed by atoms with Crippen LogP contribution in [0.5, 0.6) is 5.75 Å². The normalized spacial score (nSPS) is 17.7. The summed E-state index contributed by atoms with van der Waals surface area (Å²) < 4.78 is 10.8. The van der Waals surface area contributed by atoms with Crippen molar-refractivity contribution in [1.29, 1.82) is 0 Å². The minimum absolute atomic E-state index is 0. The number of carbonyl (C=O) groups excluding carboxylic acids is 1. The van der Waals surface area contributed by atoms with Crippen molar-refractivity contribution in [2.24, 2.45) is 0 Å². The van der Waals surface area contributed by atoms with Crippen molar-refractivity contribution in [3.05, 3.63) is 29.3 Å². The van der Waals surface area contributed by atoms with Crippen LogP contribution in [0.1, 0.15) is 6.42 Å². The molecular formula is C14H20Cl2N2O3. The molecule has 0 aliphatic carbocycles. The molecule has 118 valence electrons. The van der Waals surface area contributed by atoms with Gasteiger partial charge in [0.2, 0.25) is 5.91 Å². The van der Waals surface area contributed by atoms with Crippen molar-refractivity contribution in [2.75, 3.05) is 32.9 Å². The van der Waals surface area contributed by atoms with E-state index in [-0.39, 0.29) is 24.4 Å². The Labute approximate surface area is 135 Å². The van der Waals surface area contributed by atoms with Gasteiger partial charge in [-0.25, -0.2) is 0 Å². The number of hydrogen-bond acceptors (Lipinski definition) is 4. The zero-order valence-corrected chi connectivity index (χ0v) is 13.2. The lowest BCUT2D eigenvalue weighted by atomic mass is 10.2. The van der Waals surface area contributed by atoms with Crippen LogP contribution in [-0.2, 0) is 9.53 Å². The predicted octanol–water partition coefficient (Wildman–Crippen LogP) is 1.64. The second kappa shape index (κ2) is 9.84. The van der Waals surface area contributed by atoms with Gasteiger partial charge in [0, 0.05) is 24.0 Å². The smallest absolute Gasteiger partial charge is 0.221 e. The summed E-state index contributed by atoms with van der Waals surface area (Å²) in [7, 11) is 0. The zero-order valence-electron chi connectivity index (χ0n) is 11.6. The Bertz CT molecular complexity index is 440. The standard InChI is InChI=1S/C14H19ClN2O3.ClH/c15-11-2-1-3-13(8-11)20-7-5-17-14(18)9-12-10-19-6-4-16-12;/h1-3,8,12,16H,4-7,9-10H2,(H,17,18);1H. The molecule has 1 aliphatic rings. The molecule has 1 aliphatic heterocycles. The Morgan fingerprint density at radius 3 is 3.10 bits per heavy atom. The van der Waals surface area contributed by atoms with Gasteiger partial charge in [-0.05, 0) is 18.2 Å². The molecule has 1 fully saturated rings. The highest BCUT2D eigenvalue weighted by atomic mass is 35.5. The molecular weight excluding hydrogens is 315 g/mol. The molecule has 7 heteroatoms. The van der Waals surface area contributed by atoms with Gasteiger partial charge in [0.05, 0.1) is 19.8 Å². The summed E-state index contributed by atoms with van der Waals surface area (Å²) in [5, 5.41) is 6.70. The van der Waals surface area contributed by atoms with Crippen LogP contribution < -0.4 is 15.4 Å². The minimum Gasteiger partial charge on any atom is -0.492 e. The molecule has 1 amide bonds. The molecule has 1 atom stereocenters. The zero-order chi connectivity index (χ0) is 14.2. The van der Waals surface area contributed by atoms with Crippen molar-refractivity contribution >= 4 is 29.9 Å². The molecule has 1 saturated heterocycles. The van der Waals surface area contributed by atoms with Gasteiger partial charge in [-0.3, -0.25) is 4.79 Å². The van der Waals surface area contributed by atoms with Crippen LogP contribution in [0.4, 0.5) is 0 Å². The topological polar surface area (TPSA) is 59.6 Å². The Hall–Kier alpha value is -1.01. The number of rotatable bonds is 6. The number of ether oxygens (including phenoxy) is 2. The third-order valence-electron chi connectivity index (χ3n) is 2.92. The van der Waals surface area contributed by atoms with Gasteiger partial charge < -0.3 is 20.1 Å². The summed E-state index contributed by atoms with van der Waals surface area (Å²) in [6.45, 7) is 2.99. The molecule has 2 rings (SSSR count). The number of nitrogens with one attached hydrogen (secondary N) is 2. The van der Waals surface area contributed by atoms with E-state index in [9.17, 15) is 4.79 Å². The van der Waals surface area contributed by atoms with Gasteiger partial charge in [-0.15, -0.1) is 12.4 Å². The quantitative estimate of drug-likeness (QED) is 0.776. The number of morpholine rings is 1. The van der Waals surface area contributed by atoms with E-state index in [4.69, 9.17) is 21.1 Å². The maximum absolute atomic E-state index is 11.7. The fourth-order valence-corrected chi connectivity index (χ4v) is 2.14. The van der Waals surface area contributed by atoms with E-state index in [1.807, 2.05) is 12.1 Å². The molecule has 1 heterocycles. The van der Waals surface area contributed by atoms with Crippen molar-refractivity contribution in [3.8, 4) is 5.75 Å². The molecule has 0 radical (unpaired) electrons. The van der Waals surface area contributed by atoms with Gasteiger partial charge in [0.25, 0.3) is 0 Å². The van der Waals surface area contributed by atoms with E-state index in [2.05, 4.69) is 10.6 Å². The molecule has 2 N–H and O–H groups in total. The predicted molar refractivity (Wildman–Crippen MR) is 84.4 cm³/mol. The van der Waals surface area contributed by atoms with Gasteiger partial charge in [-0.2, -0.15) is 0 Å². The van der Waals surface area contributed by atoms with Crippen molar-refractivity contribution in [3.63, 3.8) is 0 Å². The third kappa shape index (κ3) is 7.00. The summed E-state index contributed by atoms with van der Waals surface area (Å²) in [6, 6.07) is 7.29. The van der Waals surface area contributed by atoms with Crippen LogP contribution in [0.15, 0.2) is 24.3 Å². The summed E-state index contributed by atoms with van der Waals surface area (Å²) in [6.07, 6.45) is 0.428. The first-order valence-electron chi connectivity index (χ1n) is 6.70. The van der Waals surface area contributed by atoms with Crippen LogP contribution in [0.25, 0.3) is 0 Å². The first-order chi connectivity index (χ1) is 9.74. The van der Waals surface area contributed by atoms with Gasteiger partial charge in [0.1, 0.15) is 12.4 Å². The summed E-state index contributed by atoms with van der Waals surface area (Å²) in [5.74, 6) is 0.705. The van der Waals surface area contributed by atoms with Crippen LogP contribution in [0.2, 0.25) is 5.02 Å². The number of carbonyl (C=O) groups is 1. The minimum atomic E-state index is 0. The maximum atomic E-state index is 11.7. The van der Waals surface area contributed by atoms with Crippen LogP contribution in [-0.4, -0.2) is 44.9 Å². The Morgan fingerprint density at radius 2 is 2.38 bits per heavy atom. The summed E-state index contributed by atoms with van der Waals surface area (Å²) >= 11 is 5.85. The molecule has 1 aromatic rings. The van der Waals surface area contributed by atoms with Crippen molar-refractivity contribution in [1.82, 2.24) is 10.6 Å². The Kier molecular flexibility index (Phi) is 8.45. The second-order valence-corrected chi connectivity index (χ2v) is 5.02. The Morgan fingerprint density at radius 1 is 1.52 bits per heavy atom. The van der Waals surface area contributed by atoms with Crippen molar-refractivity contribution < 1.29 is 14.3 Å². The Balaban J connectivity index is 0.00000220. The highest BCUT2D eigenvalue weighted by molar-refractivity contribution is 6.30. The fourth-order valence-electron chi connectivity index (χ4n) is 1.96. The van der Waals surface area contributed by atoms with Gasteiger partial charge in [-0.1, -0.05) is 17.7 Å². The van der Waals surface area contributed by atoms with Gasteiger partial charge >= 0.3 is 0 Å². The van der Waals surface area contributed by atoms with Crippen LogP contribution >= 0.6 is 24.0 Å². The fraction of sp³-hybridized carbons (Fsp3) is 0.500. The van der Waals surface area contributed by atoms with E-state index >= 15 is 0 Å². The molecule has 0 aromatic heterocycles. The summed E-state index contributed by atoms with van der Waals surface area (Å²) in [5.41, 5.74) is 0. The largest absolute Gasteiger partial charge is 0.492 e. The average Bonchev–Trinajstić information content (AvgIpc) is 2.45. The first kappa shape index (κ1) is 18.0. The maximum Gasteiger partial charge on any atom is 0.221 e. The van der Waals surface area contributed by atoms with E-state index in [0.717, 1.165) is 6.54 Å². The van der Waals surface area contributed by atoms with E-state index in [0.29, 0.717) is 43.6 Å². The molecule has 0 saturated carbocycles. The lowest BCUT2D eigenvalue weighted by molar-refractivity contribution is -0.122. The molecule has 0 spiro atoms. The SMILES string of the molecule is Cl.O=C(CC1COCCN1)NCCOc1cccc(Cl)c1. The second-order valence-electron chi connectivity index (χ2n) is 4.59. The number of benzene rings is 1. The number of amides is 1. The molecule has 1 unspecified atom stereocenters. The number of hydrogen-bond donors (Lipinski definition) is 2. The average molecular weight is 335 g/mol. The third-order valence-corrected chi connectivity index (χ3v) is 3.15. The van der Waals surface area contributed by atoms with Crippen LogP contribution in [0, 0.1) is 0 Å². The monoisotopic (exact) mass is 334 g/mol. The van der Waals surface area contributed by atoms with E-state index in [1.165, 1.54) is 0 Å². The lowest BCUT2D eigenvalue weighted by Gasteiger charge is -2.23. The van der Waals surface area contributed by atoms with Crippen molar-refractivity contribution in [2.45, 2.75) is 12.5 Å². The lowest BCUT2D eigenvalue weighted by Crippen LogP contribution is -2.44. The summed E-state index contributed by atoms with van der Waals surface area (Å²) in [4.78, 5) is 11.7. The van der Waals surface area contributed by atoms with E-state index in [1.54, 1.807) is 12.1 Å². The van der Waals surface area contributed by atoms with E-state index < -0.39 is 0 Å². The first-order valence-corrected chi connectivity index (χ1v) is 7.08. The van der Waals surface area contributed by atoms with Gasteiger partial charge in [0.15, 0.2) is 0 Å². The molecule has 1 aromatic carbocycles. The molecule has 0 bridgehead atoms. The number of halogens is 2. The molecule has 5 nitrogen and oxygen atoms in total. The molecule has 21 heavy (non-hydrogen) atoms. The highest BCUT2D eigenvalue weighted by Crippen LogP contribution is 2.16. The highest BCUT2D eigenvalue weighted by Gasteiger charge is 2.16.